The summed E-state index contributed by atoms with van der Waals surface area (Å²) in [5.41, 5.74) is 2.95. The molecule has 0 amide bonds. The SMILES string of the molecule is CC(Cc1nc2cc(C#N)ccc2n1C)C(C)(C)C. The lowest BCUT2D eigenvalue weighted by Crippen LogP contribution is -2.20. The van der Waals surface area contributed by atoms with E-state index < -0.39 is 0 Å². The van der Waals surface area contributed by atoms with Gasteiger partial charge in [0.1, 0.15) is 5.82 Å². The highest BCUT2D eigenvalue weighted by Gasteiger charge is 2.22. The Kier molecular flexibility index (Phi) is 3.36. The molecule has 0 fully saturated rings. The monoisotopic (exact) mass is 255 g/mol. The Morgan fingerprint density at radius 2 is 2.05 bits per heavy atom. The van der Waals surface area contributed by atoms with Gasteiger partial charge in [0.2, 0.25) is 0 Å². The molecule has 3 nitrogen and oxygen atoms in total. The topological polar surface area (TPSA) is 41.6 Å². The summed E-state index contributed by atoms with van der Waals surface area (Å²) in [6.07, 6.45) is 0.955. The lowest BCUT2D eigenvalue weighted by molar-refractivity contribution is 0.255. The second kappa shape index (κ2) is 4.70. The molecule has 3 heteroatoms. The van der Waals surface area contributed by atoms with Crippen LogP contribution in [0.2, 0.25) is 0 Å². The maximum Gasteiger partial charge on any atom is 0.109 e. The number of nitrogens with zero attached hydrogens (tertiary/aromatic N) is 3. The average molecular weight is 255 g/mol. The van der Waals surface area contributed by atoms with Gasteiger partial charge >= 0.3 is 0 Å². The van der Waals surface area contributed by atoms with Crippen LogP contribution in [0, 0.1) is 22.7 Å². The summed E-state index contributed by atoms with van der Waals surface area (Å²) in [4.78, 5) is 4.69. The minimum absolute atomic E-state index is 0.274. The number of aromatic nitrogens is 2. The Balaban J connectivity index is 2.40. The highest BCUT2D eigenvalue weighted by Crippen LogP contribution is 2.29. The zero-order chi connectivity index (χ0) is 14.2. The molecule has 0 N–H and O–H groups in total. The van der Waals surface area contributed by atoms with Crippen LogP contribution < -0.4 is 0 Å². The van der Waals surface area contributed by atoms with Crippen molar-refractivity contribution in [2.24, 2.45) is 18.4 Å². The van der Waals surface area contributed by atoms with Gasteiger partial charge in [-0.25, -0.2) is 4.98 Å². The molecule has 0 saturated carbocycles. The largest absolute Gasteiger partial charge is 0.331 e. The van der Waals surface area contributed by atoms with E-state index in [4.69, 9.17) is 5.26 Å². The van der Waals surface area contributed by atoms with Gasteiger partial charge in [0, 0.05) is 13.5 Å². The molecule has 19 heavy (non-hydrogen) atoms. The highest BCUT2D eigenvalue weighted by molar-refractivity contribution is 5.77. The number of hydrogen-bond acceptors (Lipinski definition) is 2. The number of rotatable bonds is 2. The number of benzene rings is 1. The van der Waals surface area contributed by atoms with Crippen LogP contribution >= 0.6 is 0 Å². The van der Waals surface area contributed by atoms with E-state index in [-0.39, 0.29) is 5.41 Å². The van der Waals surface area contributed by atoms with Crippen LogP contribution in [-0.2, 0) is 13.5 Å². The van der Waals surface area contributed by atoms with Gasteiger partial charge in [0.25, 0.3) is 0 Å². The minimum Gasteiger partial charge on any atom is -0.331 e. The smallest absolute Gasteiger partial charge is 0.109 e. The molecule has 1 atom stereocenters. The number of aryl methyl sites for hydroxylation is 1. The number of imidazole rings is 1. The maximum atomic E-state index is 8.94. The molecule has 1 aromatic carbocycles. The first-order valence-corrected chi connectivity index (χ1v) is 6.68. The maximum absolute atomic E-state index is 8.94. The second-order valence-electron chi connectivity index (χ2n) is 6.37. The Bertz CT molecular complexity index is 638. The van der Waals surface area contributed by atoms with Crippen LogP contribution in [0.25, 0.3) is 11.0 Å². The minimum atomic E-state index is 0.274. The molecule has 0 spiro atoms. The van der Waals surface area contributed by atoms with Gasteiger partial charge in [0.15, 0.2) is 0 Å². The zero-order valence-corrected chi connectivity index (χ0v) is 12.4. The predicted octanol–water partition coefficient (Wildman–Crippen LogP) is 3.67. The van der Waals surface area contributed by atoms with Gasteiger partial charge in [-0.15, -0.1) is 0 Å². The number of hydrogen-bond donors (Lipinski definition) is 0. The van der Waals surface area contributed by atoms with Crippen molar-refractivity contribution in [2.75, 3.05) is 0 Å². The quantitative estimate of drug-likeness (QED) is 0.821. The van der Waals surface area contributed by atoms with Crippen molar-refractivity contribution in [3.63, 3.8) is 0 Å². The van der Waals surface area contributed by atoms with Crippen molar-refractivity contribution in [1.82, 2.24) is 9.55 Å². The van der Waals surface area contributed by atoms with Crippen LogP contribution in [0.1, 0.15) is 39.1 Å². The first kappa shape index (κ1) is 13.6. The van der Waals surface area contributed by atoms with Crippen molar-refractivity contribution in [3.05, 3.63) is 29.6 Å². The van der Waals surface area contributed by atoms with E-state index in [0.29, 0.717) is 11.5 Å². The molecular weight excluding hydrogens is 234 g/mol. The van der Waals surface area contributed by atoms with Crippen LogP contribution in [0.15, 0.2) is 18.2 Å². The molecule has 100 valence electrons. The van der Waals surface area contributed by atoms with Gasteiger partial charge in [-0.2, -0.15) is 5.26 Å². The van der Waals surface area contributed by atoms with Gasteiger partial charge in [-0.1, -0.05) is 27.7 Å². The van der Waals surface area contributed by atoms with E-state index in [9.17, 15) is 0 Å². The lowest BCUT2D eigenvalue weighted by atomic mass is 9.80. The fourth-order valence-corrected chi connectivity index (χ4v) is 2.08. The summed E-state index contributed by atoms with van der Waals surface area (Å²) in [7, 11) is 2.05. The summed E-state index contributed by atoms with van der Waals surface area (Å²) in [6.45, 7) is 9.04. The van der Waals surface area contributed by atoms with Gasteiger partial charge in [-0.3, -0.25) is 0 Å². The van der Waals surface area contributed by atoms with E-state index >= 15 is 0 Å². The molecule has 0 saturated heterocycles. The molecule has 0 radical (unpaired) electrons. The number of nitriles is 1. The first-order chi connectivity index (χ1) is 8.82. The zero-order valence-electron chi connectivity index (χ0n) is 12.4. The molecule has 1 aromatic heterocycles. The molecule has 0 aliphatic rings. The highest BCUT2D eigenvalue weighted by atomic mass is 15.1. The van der Waals surface area contributed by atoms with Crippen molar-refractivity contribution in [2.45, 2.75) is 34.1 Å². The van der Waals surface area contributed by atoms with Gasteiger partial charge in [-0.05, 0) is 29.5 Å². The molecule has 1 unspecified atom stereocenters. The molecule has 2 rings (SSSR count). The van der Waals surface area contributed by atoms with Crippen LogP contribution in [0.4, 0.5) is 0 Å². The summed E-state index contributed by atoms with van der Waals surface area (Å²) < 4.78 is 2.14. The molecular formula is C16H21N3. The lowest BCUT2D eigenvalue weighted by Gasteiger charge is -2.26. The molecule has 1 heterocycles. The molecule has 0 aliphatic heterocycles. The van der Waals surface area contributed by atoms with Crippen molar-refractivity contribution in [3.8, 4) is 6.07 Å². The van der Waals surface area contributed by atoms with Gasteiger partial charge < -0.3 is 4.57 Å². The van der Waals surface area contributed by atoms with E-state index in [1.807, 2.05) is 25.2 Å². The van der Waals surface area contributed by atoms with Crippen molar-refractivity contribution in [1.29, 1.82) is 5.26 Å². The third-order valence-corrected chi connectivity index (χ3v) is 4.07. The molecule has 2 aromatic rings. The third-order valence-electron chi connectivity index (χ3n) is 4.07. The summed E-state index contributed by atoms with van der Waals surface area (Å²) in [5, 5.41) is 8.94. The molecule has 0 aliphatic carbocycles. The fraction of sp³-hybridized carbons (Fsp3) is 0.500. The Morgan fingerprint density at radius 1 is 1.37 bits per heavy atom. The first-order valence-electron chi connectivity index (χ1n) is 6.68. The van der Waals surface area contributed by atoms with Crippen LogP contribution in [0.3, 0.4) is 0 Å². The summed E-state index contributed by atoms with van der Waals surface area (Å²) >= 11 is 0. The van der Waals surface area contributed by atoms with Crippen LogP contribution in [0.5, 0.6) is 0 Å². The fourth-order valence-electron chi connectivity index (χ4n) is 2.08. The molecule has 0 bridgehead atoms. The normalized spacial score (nSPS) is 13.5. The van der Waals surface area contributed by atoms with Crippen LogP contribution in [-0.4, -0.2) is 9.55 Å². The average Bonchev–Trinajstić information content (AvgIpc) is 2.64. The number of fused-ring (bicyclic) bond motifs is 1. The van der Waals surface area contributed by atoms with Crippen molar-refractivity contribution >= 4 is 11.0 Å². The van der Waals surface area contributed by atoms with E-state index in [2.05, 4.69) is 43.3 Å². The second-order valence-corrected chi connectivity index (χ2v) is 6.37. The van der Waals surface area contributed by atoms with Gasteiger partial charge in [0.05, 0.1) is 22.7 Å². The summed E-state index contributed by atoms with van der Waals surface area (Å²) in [6, 6.07) is 7.85. The Hall–Kier alpha value is -1.82. The predicted molar refractivity (Wildman–Crippen MR) is 77.8 cm³/mol. The van der Waals surface area contributed by atoms with E-state index in [0.717, 1.165) is 23.3 Å². The Labute approximate surface area is 114 Å². The third kappa shape index (κ3) is 2.63. The summed E-state index contributed by atoms with van der Waals surface area (Å²) in [5.74, 6) is 1.64. The van der Waals surface area contributed by atoms with E-state index in [1.54, 1.807) is 0 Å². The van der Waals surface area contributed by atoms with Crippen molar-refractivity contribution < 1.29 is 0 Å². The Morgan fingerprint density at radius 3 is 2.63 bits per heavy atom. The standard InChI is InChI=1S/C16H21N3/c1-11(16(2,3)4)8-15-18-13-9-12(10-17)6-7-14(13)19(15)5/h6-7,9,11H,8H2,1-5H3. The van der Waals surface area contributed by atoms with E-state index in [1.165, 1.54) is 0 Å².